The molecule has 0 atom stereocenters. The van der Waals surface area contributed by atoms with E-state index in [1.54, 1.807) is 0 Å². The number of amides is 2. The molecule has 0 bridgehead atoms. The Hall–Kier alpha value is -2.56. The molecule has 1 aliphatic rings. The standard InChI is InChI=1S/C19H22N2O3/c22-18(17-7-3-5-14-4-1-2-6-16(14)17)21-15-10-8-13(9-11-15)12-20-19(23)24/h1-7,13,15,20H,8-12H2,(H,21,22)(H,23,24). The molecule has 0 aromatic heterocycles. The van der Waals surface area contributed by atoms with E-state index in [4.69, 9.17) is 5.11 Å². The van der Waals surface area contributed by atoms with Crippen molar-refractivity contribution in [2.24, 2.45) is 5.92 Å². The van der Waals surface area contributed by atoms with Crippen molar-refractivity contribution in [2.45, 2.75) is 31.7 Å². The number of hydrogen-bond acceptors (Lipinski definition) is 2. The maximum absolute atomic E-state index is 12.6. The van der Waals surface area contributed by atoms with Crippen molar-refractivity contribution >= 4 is 22.8 Å². The fourth-order valence-electron chi connectivity index (χ4n) is 3.43. The quantitative estimate of drug-likeness (QED) is 0.806. The SMILES string of the molecule is O=C(O)NCC1CCC(NC(=O)c2cccc3ccccc23)CC1. The van der Waals surface area contributed by atoms with Gasteiger partial charge >= 0.3 is 6.09 Å². The Morgan fingerprint density at radius 2 is 1.71 bits per heavy atom. The van der Waals surface area contributed by atoms with Crippen molar-refractivity contribution in [3.05, 3.63) is 48.0 Å². The second-order valence-corrected chi connectivity index (χ2v) is 6.40. The topological polar surface area (TPSA) is 78.4 Å². The van der Waals surface area contributed by atoms with E-state index in [1.807, 2.05) is 42.5 Å². The maximum atomic E-state index is 12.6. The number of carboxylic acid groups (broad SMARTS) is 1. The molecule has 0 heterocycles. The molecule has 0 saturated heterocycles. The number of carbonyl (C=O) groups is 2. The molecule has 126 valence electrons. The fourth-order valence-corrected chi connectivity index (χ4v) is 3.43. The summed E-state index contributed by atoms with van der Waals surface area (Å²) in [6.07, 6.45) is 2.67. The van der Waals surface area contributed by atoms with E-state index in [0.29, 0.717) is 18.0 Å². The molecule has 3 rings (SSSR count). The Kier molecular flexibility index (Phi) is 4.99. The summed E-state index contributed by atoms with van der Waals surface area (Å²) in [6.45, 7) is 0.499. The zero-order valence-corrected chi connectivity index (χ0v) is 13.5. The summed E-state index contributed by atoms with van der Waals surface area (Å²) in [4.78, 5) is 23.2. The Balaban J connectivity index is 1.59. The van der Waals surface area contributed by atoms with Gasteiger partial charge < -0.3 is 15.7 Å². The first-order valence-corrected chi connectivity index (χ1v) is 8.39. The Morgan fingerprint density at radius 3 is 2.46 bits per heavy atom. The van der Waals surface area contributed by atoms with Gasteiger partial charge in [-0.15, -0.1) is 0 Å². The highest BCUT2D eigenvalue weighted by Gasteiger charge is 2.23. The molecular formula is C19H22N2O3. The van der Waals surface area contributed by atoms with Gasteiger partial charge in [0, 0.05) is 18.2 Å². The molecule has 1 fully saturated rings. The minimum atomic E-state index is -0.971. The molecule has 0 spiro atoms. The maximum Gasteiger partial charge on any atom is 0.404 e. The van der Waals surface area contributed by atoms with Crippen LogP contribution >= 0.6 is 0 Å². The lowest BCUT2D eigenvalue weighted by molar-refractivity contribution is 0.0924. The minimum absolute atomic E-state index is 0.0288. The summed E-state index contributed by atoms with van der Waals surface area (Å²) in [7, 11) is 0. The van der Waals surface area contributed by atoms with Crippen LogP contribution in [0.3, 0.4) is 0 Å². The van der Waals surface area contributed by atoms with Crippen LogP contribution in [0.15, 0.2) is 42.5 Å². The number of nitrogens with one attached hydrogen (secondary N) is 2. The van der Waals surface area contributed by atoms with Crippen LogP contribution in [-0.4, -0.2) is 29.7 Å². The van der Waals surface area contributed by atoms with Crippen LogP contribution in [0.25, 0.3) is 10.8 Å². The zero-order valence-electron chi connectivity index (χ0n) is 13.5. The van der Waals surface area contributed by atoms with Gasteiger partial charge in [0.15, 0.2) is 0 Å². The average molecular weight is 326 g/mol. The van der Waals surface area contributed by atoms with Gasteiger partial charge in [-0.05, 0) is 48.4 Å². The summed E-state index contributed by atoms with van der Waals surface area (Å²) in [5.41, 5.74) is 0.711. The molecule has 1 saturated carbocycles. The second kappa shape index (κ2) is 7.34. The third kappa shape index (κ3) is 3.85. The molecule has 3 N–H and O–H groups in total. The lowest BCUT2D eigenvalue weighted by Gasteiger charge is -2.29. The Bertz CT molecular complexity index is 731. The second-order valence-electron chi connectivity index (χ2n) is 6.40. The van der Waals surface area contributed by atoms with Gasteiger partial charge in [-0.25, -0.2) is 4.79 Å². The summed E-state index contributed by atoms with van der Waals surface area (Å²) in [5.74, 6) is 0.339. The monoisotopic (exact) mass is 326 g/mol. The number of benzene rings is 2. The van der Waals surface area contributed by atoms with E-state index in [-0.39, 0.29) is 11.9 Å². The van der Waals surface area contributed by atoms with E-state index in [1.165, 1.54) is 0 Å². The van der Waals surface area contributed by atoms with Crippen LogP contribution in [0.1, 0.15) is 36.0 Å². The highest BCUT2D eigenvalue weighted by Crippen LogP contribution is 2.25. The van der Waals surface area contributed by atoms with Crippen molar-refractivity contribution in [1.29, 1.82) is 0 Å². The van der Waals surface area contributed by atoms with Crippen molar-refractivity contribution < 1.29 is 14.7 Å². The van der Waals surface area contributed by atoms with Crippen molar-refractivity contribution in [2.75, 3.05) is 6.54 Å². The van der Waals surface area contributed by atoms with Crippen molar-refractivity contribution in [3.63, 3.8) is 0 Å². The number of fused-ring (bicyclic) bond motifs is 1. The molecule has 1 aliphatic carbocycles. The van der Waals surface area contributed by atoms with Crippen LogP contribution in [-0.2, 0) is 0 Å². The Morgan fingerprint density at radius 1 is 1.00 bits per heavy atom. The molecule has 2 aromatic carbocycles. The summed E-state index contributed by atoms with van der Waals surface area (Å²) >= 11 is 0. The molecule has 2 aromatic rings. The summed E-state index contributed by atoms with van der Waals surface area (Å²) in [5, 5.41) is 16.3. The molecule has 0 unspecified atom stereocenters. The number of hydrogen-bond donors (Lipinski definition) is 3. The lowest BCUT2D eigenvalue weighted by Crippen LogP contribution is -2.39. The predicted molar refractivity (Wildman–Crippen MR) is 93.2 cm³/mol. The van der Waals surface area contributed by atoms with Gasteiger partial charge in [0.25, 0.3) is 5.91 Å². The number of rotatable bonds is 4. The first kappa shape index (κ1) is 16.3. The smallest absolute Gasteiger partial charge is 0.404 e. The zero-order chi connectivity index (χ0) is 16.9. The van der Waals surface area contributed by atoms with Gasteiger partial charge in [-0.2, -0.15) is 0 Å². The molecule has 0 radical (unpaired) electrons. The van der Waals surface area contributed by atoms with E-state index < -0.39 is 6.09 Å². The van der Waals surface area contributed by atoms with Crippen LogP contribution in [0, 0.1) is 5.92 Å². The Labute approximate surface area is 141 Å². The first-order chi connectivity index (χ1) is 11.6. The van der Waals surface area contributed by atoms with Crippen molar-refractivity contribution in [3.8, 4) is 0 Å². The van der Waals surface area contributed by atoms with Gasteiger partial charge in [0.1, 0.15) is 0 Å². The molecule has 5 nitrogen and oxygen atoms in total. The van der Waals surface area contributed by atoms with Crippen LogP contribution < -0.4 is 10.6 Å². The molecule has 24 heavy (non-hydrogen) atoms. The summed E-state index contributed by atoms with van der Waals surface area (Å²) in [6, 6.07) is 13.8. The largest absolute Gasteiger partial charge is 0.465 e. The molecular weight excluding hydrogens is 304 g/mol. The van der Waals surface area contributed by atoms with E-state index >= 15 is 0 Å². The molecule has 5 heteroatoms. The van der Waals surface area contributed by atoms with Gasteiger partial charge in [-0.1, -0.05) is 36.4 Å². The average Bonchev–Trinajstić information content (AvgIpc) is 2.60. The molecule has 0 aliphatic heterocycles. The van der Waals surface area contributed by atoms with Crippen LogP contribution in [0.2, 0.25) is 0 Å². The third-order valence-electron chi connectivity index (χ3n) is 4.76. The number of carbonyl (C=O) groups excluding carboxylic acids is 1. The van der Waals surface area contributed by atoms with E-state index in [2.05, 4.69) is 10.6 Å². The van der Waals surface area contributed by atoms with Crippen molar-refractivity contribution in [1.82, 2.24) is 10.6 Å². The lowest BCUT2D eigenvalue weighted by atomic mass is 9.86. The van der Waals surface area contributed by atoms with Gasteiger partial charge in [-0.3, -0.25) is 4.79 Å². The van der Waals surface area contributed by atoms with E-state index in [0.717, 1.165) is 36.5 Å². The van der Waals surface area contributed by atoms with Gasteiger partial charge in [0.2, 0.25) is 0 Å². The highest BCUT2D eigenvalue weighted by atomic mass is 16.4. The molecule has 2 amide bonds. The van der Waals surface area contributed by atoms with Crippen LogP contribution in [0.4, 0.5) is 4.79 Å². The van der Waals surface area contributed by atoms with Crippen LogP contribution in [0.5, 0.6) is 0 Å². The highest BCUT2D eigenvalue weighted by molar-refractivity contribution is 6.07. The third-order valence-corrected chi connectivity index (χ3v) is 4.76. The minimum Gasteiger partial charge on any atom is -0.465 e. The van der Waals surface area contributed by atoms with Gasteiger partial charge in [0.05, 0.1) is 0 Å². The van der Waals surface area contributed by atoms with E-state index in [9.17, 15) is 9.59 Å². The predicted octanol–water partition coefficient (Wildman–Crippen LogP) is 3.40. The fraction of sp³-hybridized carbons (Fsp3) is 0.368. The summed E-state index contributed by atoms with van der Waals surface area (Å²) < 4.78 is 0. The first-order valence-electron chi connectivity index (χ1n) is 8.39. The normalized spacial score (nSPS) is 20.5.